The van der Waals surface area contributed by atoms with E-state index in [9.17, 15) is 4.79 Å². The van der Waals surface area contributed by atoms with Crippen molar-refractivity contribution in [1.82, 2.24) is 0 Å². The molecule has 4 heteroatoms. The molecular formula is C29H34N2O2. The van der Waals surface area contributed by atoms with Crippen molar-refractivity contribution in [2.75, 3.05) is 0 Å². The lowest BCUT2D eigenvalue weighted by Gasteiger charge is -2.19. The molecule has 0 spiro atoms. The molecular weight excluding hydrogens is 408 g/mol. The van der Waals surface area contributed by atoms with E-state index in [1.165, 1.54) is 16.7 Å². The standard InChI is InChI=1S/C29H34N2O2/c1-5-27(32)31-28(30)24-13-11-21(12-14-24)9-10-22-7-6-8-23(19-22)20-33-26-17-15-25(16-18-26)29(2,3)4/h6-8,11-19H,5,9-10,20H2,1-4H3,(H2,30,31,32). The van der Waals surface area contributed by atoms with Crippen molar-refractivity contribution in [2.24, 2.45) is 10.7 Å². The Kier molecular flexibility index (Phi) is 8.05. The zero-order chi connectivity index (χ0) is 23.8. The molecule has 0 saturated carbocycles. The Morgan fingerprint density at radius 3 is 2.15 bits per heavy atom. The van der Waals surface area contributed by atoms with E-state index < -0.39 is 0 Å². The fourth-order valence-electron chi connectivity index (χ4n) is 3.50. The van der Waals surface area contributed by atoms with Gasteiger partial charge in [-0.25, -0.2) is 0 Å². The molecule has 4 nitrogen and oxygen atoms in total. The van der Waals surface area contributed by atoms with Gasteiger partial charge in [0.15, 0.2) is 0 Å². The predicted octanol–water partition coefficient (Wildman–Crippen LogP) is 5.99. The van der Waals surface area contributed by atoms with Gasteiger partial charge in [-0.2, -0.15) is 4.99 Å². The maximum Gasteiger partial charge on any atom is 0.247 e. The van der Waals surface area contributed by atoms with Crippen LogP contribution < -0.4 is 10.5 Å². The van der Waals surface area contributed by atoms with Crippen LogP contribution in [0.1, 0.15) is 61.9 Å². The summed E-state index contributed by atoms with van der Waals surface area (Å²) in [5.74, 6) is 0.952. The molecule has 0 radical (unpaired) electrons. The molecule has 0 unspecified atom stereocenters. The van der Waals surface area contributed by atoms with E-state index in [0.29, 0.717) is 13.0 Å². The third kappa shape index (κ3) is 7.31. The number of carbonyl (C=O) groups excluding carboxylic acids is 1. The van der Waals surface area contributed by atoms with Gasteiger partial charge in [-0.1, -0.05) is 88.4 Å². The van der Waals surface area contributed by atoms with Crippen LogP contribution in [0.25, 0.3) is 0 Å². The lowest BCUT2D eigenvalue weighted by Crippen LogP contribution is -2.15. The highest BCUT2D eigenvalue weighted by Gasteiger charge is 2.13. The quantitative estimate of drug-likeness (QED) is 0.344. The van der Waals surface area contributed by atoms with Crippen LogP contribution in [0.2, 0.25) is 0 Å². The average Bonchev–Trinajstić information content (AvgIpc) is 2.81. The van der Waals surface area contributed by atoms with Crippen LogP contribution in [0.15, 0.2) is 77.8 Å². The number of benzene rings is 3. The first kappa shape index (κ1) is 24.2. The zero-order valence-corrected chi connectivity index (χ0v) is 20.1. The highest BCUT2D eigenvalue weighted by atomic mass is 16.5. The Hall–Kier alpha value is -3.40. The molecule has 0 fully saturated rings. The largest absolute Gasteiger partial charge is 0.489 e. The average molecular weight is 443 g/mol. The fourth-order valence-corrected chi connectivity index (χ4v) is 3.50. The lowest BCUT2D eigenvalue weighted by molar-refractivity contribution is -0.117. The van der Waals surface area contributed by atoms with E-state index in [1.54, 1.807) is 6.92 Å². The Labute approximate surface area is 197 Å². The normalized spacial score (nSPS) is 11.9. The molecule has 0 saturated heterocycles. The number of amides is 1. The summed E-state index contributed by atoms with van der Waals surface area (Å²) in [7, 11) is 0. The molecule has 2 N–H and O–H groups in total. The first-order valence-electron chi connectivity index (χ1n) is 11.5. The fraction of sp³-hybridized carbons (Fsp3) is 0.310. The molecule has 1 amide bonds. The van der Waals surface area contributed by atoms with Gasteiger partial charge in [0.25, 0.3) is 0 Å². The number of nitrogens with zero attached hydrogens (tertiary/aromatic N) is 1. The number of rotatable bonds is 8. The van der Waals surface area contributed by atoms with Gasteiger partial charge in [-0.15, -0.1) is 0 Å². The third-order valence-corrected chi connectivity index (χ3v) is 5.62. The van der Waals surface area contributed by atoms with Crippen molar-refractivity contribution in [2.45, 2.75) is 59.0 Å². The maximum absolute atomic E-state index is 11.4. The van der Waals surface area contributed by atoms with Crippen LogP contribution in [-0.2, 0) is 29.7 Å². The number of aryl methyl sites for hydroxylation is 2. The minimum absolute atomic E-state index is 0.140. The number of hydrogen-bond donors (Lipinski definition) is 1. The van der Waals surface area contributed by atoms with Gasteiger partial charge in [0.2, 0.25) is 5.91 Å². The van der Waals surface area contributed by atoms with Crippen LogP contribution >= 0.6 is 0 Å². The van der Waals surface area contributed by atoms with Gasteiger partial charge in [0, 0.05) is 12.0 Å². The zero-order valence-electron chi connectivity index (χ0n) is 20.1. The molecule has 3 rings (SSSR count). The molecule has 0 atom stereocenters. The Balaban J connectivity index is 1.55. The summed E-state index contributed by atoms with van der Waals surface area (Å²) < 4.78 is 6.00. The lowest BCUT2D eigenvalue weighted by atomic mass is 9.87. The highest BCUT2D eigenvalue weighted by molar-refractivity contribution is 6.03. The van der Waals surface area contributed by atoms with Gasteiger partial charge in [0.1, 0.15) is 18.2 Å². The molecule has 3 aromatic carbocycles. The van der Waals surface area contributed by atoms with Crippen LogP contribution in [0.5, 0.6) is 5.75 Å². The number of ether oxygens (including phenoxy) is 1. The van der Waals surface area contributed by atoms with E-state index in [2.05, 4.69) is 62.2 Å². The van der Waals surface area contributed by atoms with Crippen molar-refractivity contribution in [3.05, 3.63) is 101 Å². The number of aliphatic imine (C=N–C) groups is 1. The Morgan fingerprint density at radius 1 is 0.879 bits per heavy atom. The Morgan fingerprint density at radius 2 is 1.52 bits per heavy atom. The van der Waals surface area contributed by atoms with Gasteiger partial charge in [-0.05, 0) is 52.6 Å². The van der Waals surface area contributed by atoms with E-state index in [-0.39, 0.29) is 17.2 Å². The monoisotopic (exact) mass is 442 g/mol. The van der Waals surface area contributed by atoms with E-state index in [4.69, 9.17) is 10.5 Å². The number of carbonyl (C=O) groups is 1. The van der Waals surface area contributed by atoms with Crippen molar-refractivity contribution in [3.63, 3.8) is 0 Å². The topological polar surface area (TPSA) is 64.7 Å². The van der Waals surface area contributed by atoms with E-state index in [0.717, 1.165) is 29.7 Å². The number of amidine groups is 1. The summed E-state index contributed by atoms with van der Waals surface area (Å²) in [6, 6.07) is 24.8. The summed E-state index contributed by atoms with van der Waals surface area (Å²) in [4.78, 5) is 15.3. The van der Waals surface area contributed by atoms with Gasteiger partial charge >= 0.3 is 0 Å². The van der Waals surface area contributed by atoms with Gasteiger partial charge < -0.3 is 10.5 Å². The second-order valence-corrected chi connectivity index (χ2v) is 9.32. The summed E-state index contributed by atoms with van der Waals surface area (Å²) in [5.41, 5.74) is 11.8. The van der Waals surface area contributed by atoms with Crippen molar-refractivity contribution >= 4 is 11.7 Å². The molecule has 33 heavy (non-hydrogen) atoms. The van der Waals surface area contributed by atoms with Crippen molar-refractivity contribution in [1.29, 1.82) is 0 Å². The summed E-state index contributed by atoms with van der Waals surface area (Å²) in [5, 5.41) is 0. The first-order chi connectivity index (χ1) is 15.7. The molecule has 0 aliphatic rings. The molecule has 0 aliphatic carbocycles. The molecule has 0 aromatic heterocycles. The van der Waals surface area contributed by atoms with E-state index in [1.807, 2.05) is 36.4 Å². The van der Waals surface area contributed by atoms with Crippen molar-refractivity contribution < 1.29 is 9.53 Å². The van der Waals surface area contributed by atoms with Crippen LogP contribution in [-0.4, -0.2) is 11.7 Å². The second kappa shape index (κ2) is 11.0. The first-order valence-corrected chi connectivity index (χ1v) is 11.5. The van der Waals surface area contributed by atoms with Gasteiger partial charge in [0.05, 0.1) is 0 Å². The summed E-state index contributed by atoms with van der Waals surface area (Å²) in [6.45, 7) is 8.95. The number of nitrogens with two attached hydrogens (primary N) is 1. The molecule has 0 heterocycles. The molecule has 3 aromatic rings. The third-order valence-electron chi connectivity index (χ3n) is 5.62. The molecule has 172 valence electrons. The summed E-state index contributed by atoms with van der Waals surface area (Å²) >= 11 is 0. The van der Waals surface area contributed by atoms with Crippen LogP contribution in [0.4, 0.5) is 0 Å². The SMILES string of the molecule is CCC(=O)N=C(N)c1ccc(CCc2cccc(COc3ccc(C(C)(C)C)cc3)c2)cc1. The van der Waals surface area contributed by atoms with E-state index >= 15 is 0 Å². The van der Waals surface area contributed by atoms with Crippen LogP contribution in [0, 0.1) is 0 Å². The molecule has 0 aliphatic heterocycles. The molecule has 0 bridgehead atoms. The van der Waals surface area contributed by atoms with Crippen LogP contribution in [0.3, 0.4) is 0 Å². The predicted molar refractivity (Wildman–Crippen MR) is 136 cm³/mol. The Bertz CT molecular complexity index is 1090. The smallest absolute Gasteiger partial charge is 0.247 e. The van der Waals surface area contributed by atoms with Gasteiger partial charge in [-0.3, -0.25) is 4.79 Å². The van der Waals surface area contributed by atoms with Crippen molar-refractivity contribution in [3.8, 4) is 5.75 Å². The second-order valence-electron chi connectivity index (χ2n) is 9.32. The maximum atomic E-state index is 11.4. The highest BCUT2D eigenvalue weighted by Crippen LogP contribution is 2.24. The summed E-state index contributed by atoms with van der Waals surface area (Å²) in [6.07, 6.45) is 2.21. The minimum Gasteiger partial charge on any atom is -0.489 e. The number of hydrogen-bond acceptors (Lipinski definition) is 2. The minimum atomic E-state index is -0.206.